The minimum Gasteiger partial charge on any atom is -0.439 e. The van der Waals surface area contributed by atoms with Crippen LogP contribution in [0.15, 0.2) is 36.5 Å². The molecule has 0 bridgehead atoms. The van der Waals surface area contributed by atoms with Gasteiger partial charge in [0.1, 0.15) is 5.75 Å². The van der Waals surface area contributed by atoms with E-state index in [4.69, 9.17) is 4.74 Å². The van der Waals surface area contributed by atoms with Crippen molar-refractivity contribution in [2.45, 2.75) is 5.33 Å². The molecule has 0 amide bonds. The molecule has 1 aromatic heterocycles. The molecule has 5 nitrogen and oxygen atoms in total. The third-order valence-corrected chi connectivity index (χ3v) is 2.94. The summed E-state index contributed by atoms with van der Waals surface area (Å²) < 4.78 is 18.7. The van der Waals surface area contributed by atoms with E-state index in [1.807, 2.05) is 0 Å². The number of halogens is 2. The van der Waals surface area contributed by atoms with E-state index in [1.165, 1.54) is 6.07 Å². The van der Waals surface area contributed by atoms with E-state index in [0.29, 0.717) is 5.33 Å². The molecular weight excluding hydrogens is 319 g/mol. The first kappa shape index (κ1) is 13.4. The molecule has 98 valence electrons. The Bertz CT molecular complexity index is 604. The molecule has 2 aromatic rings. The lowest BCUT2D eigenvalue weighted by molar-refractivity contribution is -0.387. The van der Waals surface area contributed by atoms with Crippen molar-refractivity contribution in [3.8, 4) is 11.6 Å². The van der Waals surface area contributed by atoms with Crippen LogP contribution in [0, 0.1) is 15.9 Å². The van der Waals surface area contributed by atoms with Gasteiger partial charge in [-0.15, -0.1) is 0 Å². The van der Waals surface area contributed by atoms with Crippen LogP contribution in [0.25, 0.3) is 0 Å². The molecule has 0 atom stereocenters. The van der Waals surface area contributed by atoms with Crippen LogP contribution in [0.2, 0.25) is 0 Å². The molecule has 0 saturated heterocycles. The highest BCUT2D eigenvalue weighted by atomic mass is 79.9. The summed E-state index contributed by atoms with van der Waals surface area (Å²) in [6.07, 6.45) is 1.62. The van der Waals surface area contributed by atoms with Gasteiger partial charge in [-0.2, -0.15) is 4.39 Å². The molecule has 0 aliphatic carbocycles. The predicted octanol–water partition coefficient (Wildman–Crippen LogP) is 3.82. The summed E-state index contributed by atoms with van der Waals surface area (Å²) in [6, 6.07) is 6.77. The number of nitrogens with zero attached hydrogens (tertiary/aromatic N) is 2. The molecule has 0 fully saturated rings. The van der Waals surface area contributed by atoms with Crippen LogP contribution in [-0.4, -0.2) is 9.91 Å². The normalized spacial score (nSPS) is 10.2. The summed E-state index contributed by atoms with van der Waals surface area (Å²) in [5.74, 6) is -0.500. The Morgan fingerprint density at radius 1 is 1.37 bits per heavy atom. The van der Waals surface area contributed by atoms with E-state index < -0.39 is 16.4 Å². The molecular formula is C12H8BrFN2O3. The van der Waals surface area contributed by atoms with Crippen molar-refractivity contribution < 1.29 is 14.1 Å². The van der Waals surface area contributed by atoms with Crippen molar-refractivity contribution >= 4 is 21.6 Å². The zero-order valence-electron chi connectivity index (χ0n) is 9.55. The first-order valence-corrected chi connectivity index (χ1v) is 6.35. The average Bonchev–Trinajstić information content (AvgIpc) is 2.39. The zero-order chi connectivity index (χ0) is 13.8. The Labute approximate surface area is 116 Å². The number of benzene rings is 1. The van der Waals surface area contributed by atoms with Gasteiger partial charge in [0.05, 0.1) is 4.92 Å². The number of pyridine rings is 1. The molecule has 2 rings (SSSR count). The molecule has 0 unspecified atom stereocenters. The van der Waals surface area contributed by atoms with Gasteiger partial charge in [0, 0.05) is 29.7 Å². The van der Waals surface area contributed by atoms with Crippen molar-refractivity contribution in [3.63, 3.8) is 0 Å². The van der Waals surface area contributed by atoms with Crippen molar-refractivity contribution in [1.29, 1.82) is 0 Å². The number of hydrogen-bond donors (Lipinski definition) is 0. The fourth-order valence-corrected chi connectivity index (χ4v) is 1.70. The summed E-state index contributed by atoms with van der Waals surface area (Å²) in [6.45, 7) is 0. The van der Waals surface area contributed by atoms with Crippen molar-refractivity contribution in [2.75, 3.05) is 0 Å². The van der Waals surface area contributed by atoms with E-state index in [2.05, 4.69) is 20.9 Å². The molecule has 0 saturated carbocycles. The fourth-order valence-electron chi connectivity index (χ4n) is 1.37. The van der Waals surface area contributed by atoms with Gasteiger partial charge in [-0.05, 0) is 11.6 Å². The number of ether oxygens (including phenoxy) is 1. The summed E-state index contributed by atoms with van der Waals surface area (Å²) in [4.78, 5) is 13.7. The topological polar surface area (TPSA) is 65.3 Å². The smallest absolute Gasteiger partial charge is 0.305 e. The number of alkyl halides is 1. The van der Waals surface area contributed by atoms with E-state index in [-0.39, 0.29) is 11.6 Å². The molecule has 0 aliphatic rings. The maximum Gasteiger partial charge on any atom is 0.305 e. The third kappa shape index (κ3) is 3.25. The molecule has 7 heteroatoms. The Kier molecular flexibility index (Phi) is 4.06. The number of nitro groups is 1. The van der Waals surface area contributed by atoms with Gasteiger partial charge in [0.2, 0.25) is 11.7 Å². The fraction of sp³-hybridized carbons (Fsp3) is 0.0833. The van der Waals surface area contributed by atoms with Crippen molar-refractivity contribution in [1.82, 2.24) is 4.98 Å². The lowest BCUT2D eigenvalue weighted by Crippen LogP contribution is -1.94. The summed E-state index contributed by atoms with van der Waals surface area (Å²) >= 11 is 3.29. The highest BCUT2D eigenvalue weighted by Gasteiger charge is 2.14. The minimum atomic E-state index is -0.945. The lowest BCUT2D eigenvalue weighted by Gasteiger charge is -2.05. The van der Waals surface area contributed by atoms with E-state index in [9.17, 15) is 14.5 Å². The second-order valence-corrected chi connectivity index (χ2v) is 4.17. The number of rotatable bonds is 4. The Hall–Kier alpha value is -2.02. The van der Waals surface area contributed by atoms with E-state index in [0.717, 1.165) is 17.7 Å². The van der Waals surface area contributed by atoms with Crippen LogP contribution in [0.5, 0.6) is 11.6 Å². The molecule has 0 spiro atoms. The molecule has 0 N–H and O–H groups in total. The van der Waals surface area contributed by atoms with Crippen LogP contribution in [-0.2, 0) is 5.33 Å². The number of aromatic nitrogens is 1. The Morgan fingerprint density at radius 3 is 2.68 bits per heavy atom. The average molecular weight is 327 g/mol. The van der Waals surface area contributed by atoms with Crippen LogP contribution in [0.4, 0.5) is 10.1 Å². The standard InChI is InChI=1S/C12H8BrFN2O3/c13-6-8-1-4-12(15-7-8)19-9-2-3-11(16(17)18)10(14)5-9/h1-5,7H,6H2. The molecule has 1 aromatic carbocycles. The van der Waals surface area contributed by atoms with Gasteiger partial charge in [0.15, 0.2) is 0 Å². The molecule has 19 heavy (non-hydrogen) atoms. The highest BCUT2D eigenvalue weighted by molar-refractivity contribution is 9.08. The number of nitro benzene ring substituents is 1. The minimum absolute atomic E-state index is 0.155. The van der Waals surface area contributed by atoms with Crippen molar-refractivity contribution in [2.24, 2.45) is 0 Å². The molecule has 0 aliphatic heterocycles. The predicted molar refractivity (Wildman–Crippen MR) is 70.0 cm³/mol. The van der Waals surface area contributed by atoms with Gasteiger partial charge >= 0.3 is 5.69 Å². The van der Waals surface area contributed by atoms with Crippen molar-refractivity contribution in [3.05, 3.63) is 58.0 Å². The quantitative estimate of drug-likeness (QED) is 0.486. The van der Waals surface area contributed by atoms with E-state index >= 15 is 0 Å². The summed E-state index contributed by atoms with van der Waals surface area (Å²) in [5.41, 5.74) is 0.386. The SMILES string of the molecule is O=[N+]([O-])c1ccc(Oc2ccc(CBr)cn2)cc1F. The molecule has 0 radical (unpaired) electrons. The Morgan fingerprint density at radius 2 is 2.16 bits per heavy atom. The van der Waals surface area contributed by atoms with Gasteiger partial charge in [-0.1, -0.05) is 22.0 Å². The number of hydrogen-bond acceptors (Lipinski definition) is 4. The van der Waals surface area contributed by atoms with E-state index in [1.54, 1.807) is 18.3 Å². The lowest BCUT2D eigenvalue weighted by atomic mass is 10.3. The summed E-state index contributed by atoms with van der Waals surface area (Å²) in [5, 5.41) is 11.1. The van der Waals surface area contributed by atoms with Crippen LogP contribution in [0.3, 0.4) is 0 Å². The second kappa shape index (κ2) is 5.75. The zero-order valence-corrected chi connectivity index (χ0v) is 11.1. The van der Waals surface area contributed by atoms with Gasteiger partial charge < -0.3 is 4.74 Å². The first-order valence-electron chi connectivity index (χ1n) is 5.23. The highest BCUT2D eigenvalue weighted by Crippen LogP contribution is 2.25. The maximum absolute atomic E-state index is 13.4. The van der Waals surface area contributed by atoms with Gasteiger partial charge in [0.25, 0.3) is 0 Å². The monoisotopic (exact) mass is 326 g/mol. The van der Waals surface area contributed by atoms with Gasteiger partial charge in [-0.25, -0.2) is 4.98 Å². The largest absolute Gasteiger partial charge is 0.439 e. The molecule has 1 heterocycles. The van der Waals surface area contributed by atoms with Crippen LogP contribution < -0.4 is 4.74 Å². The summed E-state index contributed by atoms with van der Waals surface area (Å²) in [7, 11) is 0. The van der Waals surface area contributed by atoms with Crippen LogP contribution in [0.1, 0.15) is 5.56 Å². The third-order valence-electron chi connectivity index (χ3n) is 2.29. The van der Waals surface area contributed by atoms with Crippen LogP contribution >= 0.6 is 15.9 Å². The van der Waals surface area contributed by atoms with Gasteiger partial charge in [-0.3, -0.25) is 10.1 Å². The maximum atomic E-state index is 13.4. The first-order chi connectivity index (χ1) is 9.10. The second-order valence-electron chi connectivity index (χ2n) is 3.61. The Balaban J connectivity index is 2.18.